The summed E-state index contributed by atoms with van der Waals surface area (Å²) in [6, 6.07) is 23.5. The van der Waals surface area contributed by atoms with Gasteiger partial charge in [-0.05, 0) is 34.3 Å². The quantitative estimate of drug-likeness (QED) is 0.0767. The minimum absolute atomic E-state index is 0. The van der Waals surface area contributed by atoms with E-state index < -0.39 is 13.3 Å². The Bertz CT molecular complexity index is 1880. The van der Waals surface area contributed by atoms with E-state index in [4.69, 9.17) is 4.98 Å². The van der Waals surface area contributed by atoms with Crippen LogP contribution >= 0.6 is 11.3 Å². The van der Waals surface area contributed by atoms with E-state index in [0.717, 1.165) is 35.9 Å². The number of thiophene rings is 1. The van der Waals surface area contributed by atoms with Gasteiger partial charge in [-0.1, -0.05) is 88.9 Å². The average molecular weight is 888 g/mol. The largest absolute Gasteiger partial charge is 0 e. The fourth-order valence-corrected chi connectivity index (χ4v) is 8.37. The van der Waals surface area contributed by atoms with Gasteiger partial charge in [0, 0.05) is 46.8 Å². The summed E-state index contributed by atoms with van der Waals surface area (Å²) >= 11 is -0.362. The molecule has 0 fully saturated rings. The van der Waals surface area contributed by atoms with E-state index >= 15 is 0 Å². The number of carbonyl (C=O) groups is 1. The second-order valence-corrected chi connectivity index (χ2v) is 27.3. The number of pyridine rings is 1. The normalized spacial score (nSPS) is 12.7. The zero-order chi connectivity index (χ0) is 34.0. The molecule has 0 saturated carbocycles. The van der Waals surface area contributed by atoms with Crippen LogP contribution in [0.15, 0.2) is 72.6 Å². The standard InChI is InChI=1S/C30H30NS.C11H22GeO2.Ir/c1-29(2,3)18-20-11-9-13-23-24-14-15-31-26(28(24)32-27(20)23)21-16-19-10-7-8-12-22(19)25(17-21)30(4,5)6;1-6-9(7-2)10(13)8-11(14)12(3,4)5;/h7-15,17H,18H2,1-6H3;8-9,13H,6-7H2,1-5H3;/q-1;;/b;10-8-;. The fraction of sp³-hybridized carbons (Fsp3) is 0.415. The van der Waals surface area contributed by atoms with Crippen molar-refractivity contribution >= 4 is 60.2 Å². The van der Waals surface area contributed by atoms with Gasteiger partial charge in [-0.25, -0.2) is 0 Å². The van der Waals surface area contributed by atoms with E-state index in [1.807, 2.05) is 48.6 Å². The molecule has 2 heterocycles. The SMILES string of the molecule is CC(C)(C)Cc1cccc2c1sc1c(-c3[c-]c4ccccc4c(C(C)(C)C)c3)nccc12.CCC(CC)/C(O)=C/[C](=O)[Ge]([CH3])([CH3])[CH3].[Ir]. The first-order valence-electron chi connectivity index (χ1n) is 16.6. The molecule has 0 amide bonds. The Morgan fingerprint density at radius 2 is 1.53 bits per heavy atom. The molecule has 0 saturated heterocycles. The van der Waals surface area contributed by atoms with Crippen LogP contribution in [0.4, 0.5) is 0 Å². The summed E-state index contributed by atoms with van der Waals surface area (Å²) in [5.74, 6) is 6.56. The first-order valence-corrected chi connectivity index (χ1v) is 24.8. The van der Waals surface area contributed by atoms with Crippen LogP contribution in [0.1, 0.15) is 79.4 Å². The van der Waals surface area contributed by atoms with Gasteiger partial charge in [0.2, 0.25) is 0 Å². The zero-order valence-corrected chi connectivity index (χ0v) is 35.4. The minimum atomic E-state index is -2.25. The van der Waals surface area contributed by atoms with Crippen LogP contribution in [0.25, 0.3) is 42.2 Å². The summed E-state index contributed by atoms with van der Waals surface area (Å²) in [7, 11) is 0. The Morgan fingerprint density at radius 3 is 2.13 bits per heavy atom. The fourth-order valence-electron chi connectivity index (χ4n) is 5.84. The number of benzene rings is 3. The van der Waals surface area contributed by atoms with E-state index in [0.29, 0.717) is 0 Å². The van der Waals surface area contributed by atoms with Crippen molar-refractivity contribution in [3.63, 3.8) is 0 Å². The summed E-state index contributed by atoms with van der Waals surface area (Å²) in [6.07, 6.45) is 6.28. The van der Waals surface area contributed by atoms with Gasteiger partial charge >= 0.3 is 89.5 Å². The van der Waals surface area contributed by atoms with Crippen molar-refractivity contribution in [2.75, 3.05) is 0 Å². The second-order valence-electron chi connectivity index (χ2n) is 15.8. The van der Waals surface area contributed by atoms with Crippen molar-refractivity contribution in [1.29, 1.82) is 0 Å². The predicted octanol–water partition coefficient (Wildman–Crippen LogP) is 12.3. The maximum Gasteiger partial charge on any atom is 0 e. The summed E-state index contributed by atoms with van der Waals surface area (Å²) in [5.41, 5.74) is 5.19. The van der Waals surface area contributed by atoms with Crippen molar-refractivity contribution < 1.29 is 30.0 Å². The maximum atomic E-state index is 11.7. The molecular formula is C41H52GeIrNO2S-. The molecule has 3 nitrogen and oxygen atoms in total. The third-order valence-electron chi connectivity index (χ3n) is 8.48. The Labute approximate surface area is 303 Å². The molecule has 0 spiro atoms. The third-order valence-corrected chi connectivity index (χ3v) is 13.2. The first-order chi connectivity index (χ1) is 21.4. The number of fused-ring (bicyclic) bond motifs is 4. The molecule has 1 N–H and O–H groups in total. The molecule has 5 rings (SSSR count). The maximum absolute atomic E-state index is 11.7. The average Bonchev–Trinajstić information content (AvgIpc) is 3.36. The summed E-state index contributed by atoms with van der Waals surface area (Å²) in [6.45, 7) is 17.8. The molecule has 47 heavy (non-hydrogen) atoms. The van der Waals surface area contributed by atoms with Crippen LogP contribution in [-0.4, -0.2) is 28.0 Å². The van der Waals surface area contributed by atoms with E-state index in [2.05, 4.69) is 102 Å². The van der Waals surface area contributed by atoms with Gasteiger partial charge in [0.25, 0.3) is 0 Å². The topological polar surface area (TPSA) is 50.2 Å². The van der Waals surface area contributed by atoms with Crippen LogP contribution in [0.5, 0.6) is 0 Å². The molecule has 0 aliphatic rings. The van der Waals surface area contributed by atoms with Gasteiger partial charge in [-0.2, -0.15) is 0 Å². The van der Waals surface area contributed by atoms with Crippen molar-refractivity contribution in [3.8, 4) is 11.3 Å². The smallest absolute Gasteiger partial charge is 0 e. The first kappa shape index (κ1) is 39.1. The van der Waals surface area contributed by atoms with Crippen molar-refractivity contribution in [1.82, 2.24) is 4.98 Å². The third kappa shape index (κ3) is 9.44. The number of rotatable bonds is 7. The number of aromatic nitrogens is 1. The van der Waals surface area contributed by atoms with Gasteiger partial charge < -0.3 is 0 Å². The number of hydrogen-bond donors (Lipinski definition) is 1. The molecular weight excluding hydrogens is 835 g/mol. The molecule has 0 atom stereocenters. The molecule has 0 unspecified atom stereocenters. The van der Waals surface area contributed by atoms with Crippen LogP contribution < -0.4 is 0 Å². The van der Waals surface area contributed by atoms with Crippen molar-refractivity contribution in [3.05, 3.63) is 89.8 Å². The van der Waals surface area contributed by atoms with Crippen molar-refractivity contribution in [2.45, 2.75) is 97.3 Å². The molecule has 253 valence electrons. The van der Waals surface area contributed by atoms with Crippen LogP contribution in [-0.2, 0) is 36.7 Å². The number of allylic oxidation sites excluding steroid dienone is 2. The van der Waals surface area contributed by atoms with E-state index in [1.54, 1.807) is 0 Å². The number of hydrogen-bond acceptors (Lipinski definition) is 4. The Hall–Kier alpha value is -2.31. The molecule has 1 radical (unpaired) electrons. The Balaban J connectivity index is 0.000000342. The molecule has 0 aliphatic heterocycles. The minimum Gasteiger partial charge on any atom is 0 e. The van der Waals surface area contributed by atoms with E-state index in [1.165, 1.54) is 42.8 Å². The molecule has 0 bridgehead atoms. The van der Waals surface area contributed by atoms with Gasteiger partial charge in [0.05, 0.1) is 0 Å². The summed E-state index contributed by atoms with van der Waals surface area (Å²) in [4.78, 5) is 16.5. The summed E-state index contributed by atoms with van der Waals surface area (Å²) < 4.78 is 2.83. The van der Waals surface area contributed by atoms with Crippen molar-refractivity contribution in [2.24, 2.45) is 11.3 Å². The Kier molecular flexibility index (Phi) is 12.9. The molecule has 5 aromatic rings. The predicted molar refractivity (Wildman–Crippen MR) is 204 cm³/mol. The number of nitrogens with zero attached hydrogens (tertiary/aromatic N) is 1. The van der Waals surface area contributed by atoms with Gasteiger partial charge in [0.1, 0.15) is 0 Å². The number of aliphatic hydroxyl groups excluding tert-OH is 1. The van der Waals surface area contributed by atoms with Gasteiger partial charge in [0.15, 0.2) is 0 Å². The zero-order valence-electron chi connectivity index (χ0n) is 30.1. The molecule has 2 aromatic heterocycles. The van der Waals surface area contributed by atoms with Crippen LogP contribution in [0.2, 0.25) is 17.3 Å². The second kappa shape index (κ2) is 15.5. The van der Waals surface area contributed by atoms with Crippen LogP contribution in [0, 0.1) is 17.4 Å². The molecule has 6 heteroatoms. The van der Waals surface area contributed by atoms with Gasteiger partial charge in [-0.15, -0.1) is 40.5 Å². The Morgan fingerprint density at radius 1 is 0.915 bits per heavy atom. The van der Waals surface area contributed by atoms with E-state index in [-0.39, 0.29) is 47.2 Å². The molecule has 0 aliphatic carbocycles. The monoisotopic (exact) mass is 889 g/mol. The van der Waals surface area contributed by atoms with Gasteiger partial charge in [-0.3, -0.25) is 4.98 Å². The summed E-state index contributed by atoms with van der Waals surface area (Å²) in [5, 5.41) is 14.8. The van der Waals surface area contributed by atoms with Crippen LogP contribution in [0.3, 0.4) is 0 Å². The molecule has 3 aromatic carbocycles. The number of aliphatic hydroxyl groups is 1. The van der Waals surface area contributed by atoms with E-state index in [9.17, 15) is 9.90 Å². The number of carbonyl (C=O) groups excluding carboxylic acids is 1.